The molecule has 0 aromatic heterocycles. The van der Waals surface area contributed by atoms with Gasteiger partial charge in [0, 0.05) is 0 Å². The van der Waals surface area contributed by atoms with Crippen molar-refractivity contribution < 1.29 is 27.0 Å². The Balaban J connectivity index is 0. The topological polar surface area (TPSA) is 29.5 Å². The molecule has 10 heavy (non-hydrogen) atoms. The number of aliphatic hydroxyl groups excluding tert-OH is 1. The van der Waals surface area contributed by atoms with E-state index in [1.165, 1.54) is 0 Å². The van der Waals surface area contributed by atoms with Gasteiger partial charge >= 0.3 is 0 Å². The SMILES string of the molecule is CC(O)CO[N+](C)(C)C.[Cl-]. The lowest BCUT2D eigenvalue weighted by molar-refractivity contribution is -1.06. The van der Waals surface area contributed by atoms with E-state index in [0.717, 1.165) is 0 Å². The van der Waals surface area contributed by atoms with E-state index < -0.39 is 0 Å². The fourth-order valence-corrected chi connectivity index (χ4v) is 0.331. The molecule has 0 bridgehead atoms. The molecule has 0 aliphatic heterocycles. The predicted octanol–water partition coefficient (Wildman–Crippen LogP) is -2.99. The van der Waals surface area contributed by atoms with E-state index in [9.17, 15) is 0 Å². The van der Waals surface area contributed by atoms with Gasteiger partial charge in [0.05, 0.1) is 27.2 Å². The van der Waals surface area contributed by atoms with Crippen molar-refractivity contribution in [3.05, 3.63) is 0 Å². The average molecular weight is 170 g/mol. The standard InChI is InChI=1S/C6H16NO2.ClH/c1-6(8)5-9-7(2,3)4;/h6,8H,5H2,1-4H3;1H/q+1;/p-1. The summed E-state index contributed by atoms with van der Waals surface area (Å²) in [5, 5.41) is 8.78. The van der Waals surface area contributed by atoms with Gasteiger partial charge in [0.1, 0.15) is 6.61 Å². The van der Waals surface area contributed by atoms with Crippen LogP contribution in [0.4, 0.5) is 0 Å². The first kappa shape index (κ1) is 12.8. The molecule has 0 fully saturated rings. The first-order valence-electron chi connectivity index (χ1n) is 3.06. The molecule has 0 radical (unpaired) electrons. The second kappa shape index (κ2) is 4.91. The molecule has 1 unspecified atom stereocenters. The van der Waals surface area contributed by atoms with Gasteiger partial charge in [-0.3, -0.25) is 0 Å². The molecule has 0 aromatic carbocycles. The van der Waals surface area contributed by atoms with Crippen molar-refractivity contribution in [2.24, 2.45) is 0 Å². The lowest BCUT2D eigenvalue weighted by Crippen LogP contribution is -3.00. The van der Waals surface area contributed by atoms with Crippen molar-refractivity contribution in [2.75, 3.05) is 27.7 Å². The molecular weight excluding hydrogens is 154 g/mol. The number of hydrogen-bond acceptors (Lipinski definition) is 2. The van der Waals surface area contributed by atoms with E-state index in [4.69, 9.17) is 9.94 Å². The van der Waals surface area contributed by atoms with Crippen LogP contribution in [0.3, 0.4) is 0 Å². The van der Waals surface area contributed by atoms with Crippen LogP contribution in [-0.4, -0.2) is 43.6 Å². The molecule has 0 aromatic rings. The Morgan fingerprint density at radius 3 is 1.90 bits per heavy atom. The zero-order valence-electron chi connectivity index (χ0n) is 6.97. The lowest BCUT2D eigenvalue weighted by atomic mass is 10.5. The number of hydrogen-bond donors (Lipinski definition) is 1. The van der Waals surface area contributed by atoms with Crippen molar-refractivity contribution in [1.82, 2.24) is 0 Å². The van der Waals surface area contributed by atoms with Crippen molar-refractivity contribution in [2.45, 2.75) is 13.0 Å². The highest BCUT2D eigenvalue weighted by Gasteiger charge is 2.08. The number of nitrogens with zero attached hydrogens (tertiary/aromatic N) is 1. The fourth-order valence-electron chi connectivity index (χ4n) is 0.331. The van der Waals surface area contributed by atoms with Crippen LogP contribution in [0.15, 0.2) is 0 Å². The Labute approximate surface area is 68.5 Å². The Morgan fingerprint density at radius 1 is 1.40 bits per heavy atom. The van der Waals surface area contributed by atoms with Gasteiger partial charge in [-0.05, 0) is 6.92 Å². The average Bonchev–Trinajstić information content (AvgIpc) is 1.59. The summed E-state index contributed by atoms with van der Waals surface area (Å²) in [5.74, 6) is 0. The normalized spacial score (nSPS) is 14.1. The largest absolute Gasteiger partial charge is 1.00 e. The third-order valence-corrected chi connectivity index (χ3v) is 0.703. The van der Waals surface area contributed by atoms with Gasteiger partial charge < -0.3 is 17.5 Å². The van der Waals surface area contributed by atoms with Gasteiger partial charge in [-0.15, -0.1) is 0 Å². The van der Waals surface area contributed by atoms with Crippen LogP contribution in [0.5, 0.6) is 0 Å². The predicted molar refractivity (Wildman–Crippen MR) is 35.7 cm³/mol. The van der Waals surface area contributed by atoms with E-state index in [0.29, 0.717) is 11.3 Å². The van der Waals surface area contributed by atoms with Gasteiger partial charge in [0.15, 0.2) is 0 Å². The maximum atomic E-state index is 8.78. The molecular formula is C6H16ClNO2. The zero-order chi connectivity index (χ0) is 7.49. The van der Waals surface area contributed by atoms with Gasteiger partial charge in [-0.2, -0.15) is 4.65 Å². The second-order valence-corrected chi connectivity index (χ2v) is 3.03. The van der Waals surface area contributed by atoms with Crippen LogP contribution in [0, 0.1) is 0 Å². The first-order chi connectivity index (χ1) is 3.92. The summed E-state index contributed by atoms with van der Waals surface area (Å²) in [6.45, 7) is 2.10. The molecule has 0 heterocycles. The highest BCUT2D eigenvalue weighted by molar-refractivity contribution is 4.36. The van der Waals surface area contributed by atoms with E-state index in [1.807, 2.05) is 21.1 Å². The molecule has 0 saturated carbocycles. The third kappa shape index (κ3) is 11.0. The summed E-state index contributed by atoms with van der Waals surface area (Å²) in [7, 11) is 5.72. The molecule has 1 atom stereocenters. The number of halogens is 1. The quantitative estimate of drug-likeness (QED) is 0.361. The Morgan fingerprint density at radius 2 is 1.80 bits per heavy atom. The molecule has 64 valence electrons. The molecule has 0 aliphatic carbocycles. The molecule has 0 spiro atoms. The summed E-state index contributed by atoms with van der Waals surface area (Å²) in [6, 6.07) is 0. The van der Waals surface area contributed by atoms with Crippen LogP contribution in [0.2, 0.25) is 0 Å². The maximum Gasteiger partial charge on any atom is 0.132 e. The van der Waals surface area contributed by atoms with Crippen molar-refractivity contribution >= 4 is 0 Å². The minimum Gasteiger partial charge on any atom is -1.00 e. The summed E-state index contributed by atoms with van der Waals surface area (Å²) < 4.78 is 0.435. The number of hydroxylamine groups is 3. The van der Waals surface area contributed by atoms with Gasteiger partial charge in [-0.1, -0.05) is 0 Å². The minimum absolute atomic E-state index is 0. The van der Waals surface area contributed by atoms with E-state index in [-0.39, 0.29) is 18.5 Å². The smallest absolute Gasteiger partial charge is 0.132 e. The highest BCUT2D eigenvalue weighted by Crippen LogP contribution is 1.93. The van der Waals surface area contributed by atoms with Crippen molar-refractivity contribution in [1.29, 1.82) is 0 Å². The van der Waals surface area contributed by atoms with Gasteiger partial charge in [-0.25, -0.2) is 4.84 Å². The van der Waals surface area contributed by atoms with Crippen LogP contribution in [0.1, 0.15) is 6.92 Å². The summed E-state index contributed by atoms with van der Waals surface area (Å²) in [6.07, 6.45) is -0.373. The van der Waals surface area contributed by atoms with Crippen molar-refractivity contribution in [3.63, 3.8) is 0 Å². The molecule has 4 heteroatoms. The summed E-state index contributed by atoms with van der Waals surface area (Å²) in [4.78, 5) is 5.18. The lowest BCUT2D eigenvalue weighted by Gasteiger charge is -2.21. The third-order valence-electron chi connectivity index (χ3n) is 0.703. The molecule has 0 saturated heterocycles. The summed E-state index contributed by atoms with van der Waals surface area (Å²) in [5.41, 5.74) is 0. The van der Waals surface area contributed by atoms with E-state index in [1.54, 1.807) is 6.92 Å². The molecule has 3 nitrogen and oxygen atoms in total. The first-order valence-corrected chi connectivity index (χ1v) is 3.06. The number of aliphatic hydroxyl groups is 1. The van der Waals surface area contributed by atoms with E-state index >= 15 is 0 Å². The molecule has 0 amide bonds. The van der Waals surface area contributed by atoms with Crippen LogP contribution < -0.4 is 12.4 Å². The monoisotopic (exact) mass is 169 g/mol. The minimum atomic E-state index is -0.373. The van der Waals surface area contributed by atoms with Crippen LogP contribution >= 0.6 is 0 Å². The van der Waals surface area contributed by atoms with E-state index in [2.05, 4.69) is 0 Å². The zero-order valence-corrected chi connectivity index (χ0v) is 7.72. The number of quaternary nitrogens is 1. The Kier molecular flexibility index (Phi) is 6.29. The molecule has 0 aliphatic rings. The fraction of sp³-hybridized carbons (Fsp3) is 1.00. The van der Waals surface area contributed by atoms with Gasteiger partial charge in [0.25, 0.3) is 0 Å². The molecule has 1 N–H and O–H groups in total. The van der Waals surface area contributed by atoms with Crippen molar-refractivity contribution in [3.8, 4) is 0 Å². The molecule has 0 rings (SSSR count). The maximum absolute atomic E-state index is 8.78. The summed E-state index contributed by atoms with van der Waals surface area (Å²) >= 11 is 0. The second-order valence-electron chi connectivity index (χ2n) is 3.03. The highest BCUT2D eigenvalue weighted by atomic mass is 35.5. The number of rotatable bonds is 3. The Hall–Kier alpha value is 0.170. The van der Waals surface area contributed by atoms with Gasteiger partial charge in [0.2, 0.25) is 0 Å². The van der Waals surface area contributed by atoms with Crippen LogP contribution in [-0.2, 0) is 4.84 Å². The van der Waals surface area contributed by atoms with Crippen LogP contribution in [0.25, 0.3) is 0 Å². The Bertz CT molecular complexity index is 80.3.